The number of benzene rings is 1. The molecule has 3 rings (SSSR count). The molecule has 0 unspecified atom stereocenters. The number of nitrogens with one attached hydrogen (secondary N) is 11. The average molecular weight is 1090 g/mol. The van der Waals surface area contributed by atoms with Crippen molar-refractivity contribution in [3.05, 3.63) is 72.3 Å². The number of aromatic amines is 2. The van der Waals surface area contributed by atoms with Crippen LogP contribution in [0.25, 0.3) is 0 Å². The number of hydrogen-bond donors (Lipinski definition) is 17. The molecule has 29 nitrogen and oxygen atoms in total. The average Bonchev–Trinajstić information content (AvgIpc) is 4.13. The van der Waals surface area contributed by atoms with Gasteiger partial charge < -0.3 is 89.1 Å². The fraction of sp³-hybridized carbons (Fsp3) is 0.522. The number of carbonyl (C=O) groups is 10. The molecule has 30 heteroatoms. The van der Waals surface area contributed by atoms with Crippen LogP contribution in [-0.2, 0) is 67.2 Å². The van der Waals surface area contributed by atoms with Gasteiger partial charge in [0.25, 0.3) is 0 Å². The first kappa shape index (κ1) is 62.8. The molecule has 0 aliphatic heterocycles. The van der Waals surface area contributed by atoms with Crippen molar-refractivity contribution in [2.45, 2.75) is 107 Å². The van der Waals surface area contributed by atoms with Crippen molar-refractivity contribution in [3.63, 3.8) is 0 Å². The van der Waals surface area contributed by atoms with Gasteiger partial charge >= 0.3 is 5.97 Å². The number of carboxylic acids is 1. The van der Waals surface area contributed by atoms with Crippen molar-refractivity contribution < 1.29 is 73.5 Å². The van der Waals surface area contributed by atoms with E-state index in [0.717, 1.165) is 0 Å². The topological polar surface area (TPSA) is 463 Å². The summed E-state index contributed by atoms with van der Waals surface area (Å²) in [5.41, 5.74) is 6.82. The van der Waals surface area contributed by atoms with Crippen LogP contribution < -0.4 is 53.6 Å². The third-order valence-electron chi connectivity index (χ3n) is 11.3. The Morgan fingerprint density at radius 1 is 0.526 bits per heavy atom. The van der Waals surface area contributed by atoms with Crippen LogP contribution in [0, 0.1) is 5.92 Å². The Morgan fingerprint density at radius 2 is 0.947 bits per heavy atom. The minimum Gasteiger partial charge on any atom is -0.480 e. The molecule has 0 aliphatic rings. The molecule has 2 heterocycles. The molecule has 0 saturated carbocycles. The Balaban J connectivity index is 1.73. The summed E-state index contributed by atoms with van der Waals surface area (Å²) in [7, 11) is 0. The van der Waals surface area contributed by atoms with Gasteiger partial charge in [0.05, 0.1) is 39.1 Å². The molecule has 0 bridgehead atoms. The van der Waals surface area contributed by atoms with E-state index >= 15 is 0 Å². The number of rotatable bonds is 33. The largest absolute Gasteiger partial charge is 0.480 e. The van der Waals surface area contributed by atoms with Gasteiger partial charge in [0, 0.05) is 43.0 Å². The second-order valence-corrected chi connectivity index (χ2v) is 18.6. The third kappa shape index (κ3) is 20.3. The van der Waals surface area contributed by atoms with Gasteiger partial charge in [0.15, 0.2) is 0 Å². The molecular formula is C46H68N14O15S. The molecule has 18 N–H and O–H groups in total. The molecule has 1 aromatic carbocycles. The van der Waals surface area contributed by atoms with E-state index in [9.17, 15) is 68.4 Å². The Kier molecular flexibility index (Phi) is 26.5. The monoisotopic (exact) mass is 1090 g/mol. The van der Waals surface area contributed by atoms with Crippen LogP contribution in [0.3, 0.4) is 0 Å². The fourth-order valence-electron chi connectivity index (χ4n) is 6.97. The number of imidazole rings is 2. The third-order valence-corrected chi connectivity index (χ3v) is 12.0. The van der Waals surface area contributed by atoms with Crippen molar-refractivity contribution in [2.75, 3.05) is 38.4 Å². The molecule has 0 aliphatic carbocycles. The number of carboxylic acid groups (broad SMARTS) is 1. The normalized spacial score (nSPS) is 15.1. The predicted molar refractivity (Wildman–Crippen MR) is 270 cm³/mol. The summed E-state index contributed by atoms with van der Waals surface area (Å²) in [5.74, 6) is -10.6. The van der Waals surface area contributed by atoms with Crippen molar-refractivity contribution in [2.24, 2.45) is 11.7 Å². The number of thioether (sulfide) groups is 1. The van der Waals surface area contributed by atoms with E-state index in [1.807, 2.05) is 0 Å². The lowest BCUT2D eigenvalue weighted by atomic mass is 10.0. The maximum Gasteiger partial charge on any atom is 0.326 e. The summed E-state index contributed by atoms with van der Waals surface area (Å²) in [6.45, 7) is 0.411. The zero-order valence-corrected chi connectivity index (χ0v) is 42.9. The molecule has 76 heavy (non-hydrogen) atoms. The number of hydrogen-bond acceptors (Lipinski definition) is 18. The highest BCUT2D eigenvalue weighted by Gasteiger charge is 2.36. The van der Waals surface area contributed by atoms with Crippen molar-refractivity contribution in [1.29, 1.82) is 0 Å². The first-order valence-electron chi connectivity index (χ1n) is 23.8. The van der Waals surface area contributed by atoms with E-state index in [-0.39, 0.29) is 25.7 Å². The Hall–Kier alpha value is -7.51. The summed E-state index contributed by atoms with van der Waals surface area (Å²) in [4.78, 5) is 146. The molecule has 0 fully saturated rings. The lowest BCUT2D eigenvalue weighted by Crippen LogP contribution is -2.62. The van der Waals surface area contributed by atoms with Gasteiger partial charge in [0.2, 0.25) is 53.2 Å². The number of aliphatic carboxylic acids is 1. The number of aliphatic hydroxyl groups is 4. The molecule has 9 amide bonds. The zero-order valence-electron chi connectivity index (χ0n) is 42.1. The number of nitrogens with two attached hydrogens (primary N) is 1. The van der Waals surface area contributed by atoms with E-state index < -0.39 is 152 Å². The zero-order chi connectivity index (χ0) is 56.5. The van der Waals surface area contributed by atoms with Gasteiger partial charge in [0.1, 0.15) is 60.4 Å². The summed E-state index contributed by atoms with van der Waals surface area (Å²) < 4.78 is 0. The number of carbonyl (C=O) groups excluding carboxylic acids is 9. The van der Waals surface area contributed by atoms with Crippen LogP contribution in [0.2, 0.25) is 0 Å². The number of nitrogens with zero attached hydrogens (tertiary/aromatic N) is 2. The number of H-pyrrole nitrogens is 2. The Labute approximate surface area is 440 Å². The van der Waals surface area contributed by atoms with Crippen molar-refractivity contribution in [3.8, 4) is 0 Å². The number of aliphatic hydroxyl groups excluding tert-OH is 4. The van der Waals surface area contributed by atoms with E-state index in [1.54, 1.807) is 36.6 Å². The summed E-state index contributed by atoms with van der Waals surface area (Å²) in [6.07, 6.45) is 6.66. The Morgan fingerprint density at radius 3 is 1.41 bits per heavy atom. The van der Waals surface area contributed by atoms with Crippen LogP contribution in [0.1, 0.15) is 44.1 Å². The number of amides is 9. The minimum absolute atomic E-state index is 0.0565. The highest BCUT2D eigenvalue weighted by molar-refractivity contribution is 7.98. The molecule has 2 aromatic heterocycles. The summed E-state index contributed by atoms with van der Waals surface area (Å²) in [6, 6.07) is -6.64. The quantitative estimate of drug-likeness (QED) is 0.0270. The molecular weight excluding hydrogens is 1020 g/mol. The standard InChI is InChI=1S/C46H68N14O15S/c1-23(2)36(60-44(72)35(20-64)58-43(71)33(18-62)57-41(69)31(13-26-15-48-21-50-26)54-37(65)24(3)52-38(66)28(47)17-61)45(73)59-34(19-63)42(70)55-30(12-25-8-6-5-7-9-25)40(68)53-29(10-11-76-4)39(67)56-32(46(74)75)14-27-16-49-22-51-27/h5-9,15-16,21-24,28-36,61-64H,10-14,17-20,47H2,1-4H3,(H,48,50)(H,49,51)(H,52,66)(H,53,68)(H,54,65)(H,55,70)(H,56,67)(H,57,69)(H,58,71)(H,59,73)(H,60,72)(H,74,75)/t24-,28-,29-,30-,31-,32-,33-,34-,35-,36-/m0/s1. The predicted octanol–water partition coefficient (Wildman–Crippen LogP) is -6.67. The van der Waals surface area contributed by atoms with Crippen LogP contribution >= 0.6 is 11.8 Å². The van der Waals surface area contributed by atoms with E-state index in [0.29, 0.717) is 22.7 Å². The van der Waals surface area contributed by atoms with Gasteiger partial charge in [-0.2, -0.15) is 11.8 Å². The highest BCUT2D eigenvalue weighted by atomic mass is 32.2. The minimum atomic E-state index is -1.81. The number of aromatic nitrogens is 4. The molecule has 0 radical (unpaired) electrons. The maximum atomic E-state index is 14.0. The van der Waals surface area contributed by atoms with Gasteiger partial charge in [-0.15, -0.1) is 0 Å². The smallest absolute Gasteiger partial charge is 0.326 e. The molecule has 0 saturated heterocycles. The highest BCUT2D eigenvalue weighted by Crippen LogP contribution is 2.10. The van der Waals surface area contributed by atoms with Crippen molar-refractivity contribution >= 4 is 70.9 Å². The lowest BCUT2D eigenvalue weighted by Gasteiger charge is -2.28. The van der Waals surface area contributed by atoms with Gasteiger partial charge in [-0.1, -0.05) is 44.2 Å². The molecule has 0 spiro atoms. The second-order valence-electron chi connectivity index (χ2n) is 17.6. The second kappa shape index (κ2) is 32.0. The first-order valence-corrected chi connectivity index (χ1v) is 25.2. The fourth-order valence-corrected chi connectivity index (χ4v) is 7.44. The SMILES string of the molecule is CSCC[C@H](NC(=O)[C@H](Cc1ccccc1)NC(=O)[C@H](CO)NC(=O)[C@@H](NC(=O)[C@H](CO)NC(=O)[C@H](CO)NC(=O)[C@H](Cc1cnc[nH]1)NC(=O)[C@H](C)NC(=O)[C@@H](N)CO)C(C)C)C(=O)N[C@@H](Cc1cnc[nH]1)C(=O)O. The van der Waals surface area contributed by atoms with Gasteiger partial charge in [-0.25, -0.2) is 14.8 Å². The van der Waals surface area contributed by atoms with E-state index in [4.69, 9.17) is 10.8 Å². The summed E-state index contributed by atoms with van der Waals surface area (Å²) >= 11 is 1.35. The van der Waals surface area contributed by atoms with Crippen LogP contribution in [0.15, 0.2) is 55.4 Å². The first-order chi connectivity index (χ1) is 36.2. The molecule has 3 aromatic rings. The summed E-state index contributed by atoms with van der Waals surface area (Å²) in [5, 5.41) is 71.1. The van der Waals surface area contributed by atoms with Gasteiger partial charge in [-0.3, -0.25) is 43.2 Å². The van der Waals surface area contributed by atoms with Crippen molar-refractivity contribution in [1.82, 2.24) is 67.8 Å². The lowest BCUT2D eigenvalue weighted by molar-refractivity contribution is -0.142. The molecule has 10 atom stereocenters. The van der Waals surface area contributed by atoms with Crippen LogP contribution in [0.4, 0.5) is 0 Å². The van der Waals surface area contributed by atoms with Crippen LogP contribution in [-0.4, -0.2) is 203 Å². The van der Waals surface area contributed by atoms with Crippen LogP contribution in [0.5, 0.6) is 0 Å². The molecule has 418 valence electrons. The van der Waals surface area contributed by atoms with Gasteiger partial charge in [-0.05, 0) is 36.8 Å². The van der Waals surface area contributed by atoms with E-state index in [2.05, 4.69) is 67.8 Å². The maximum absolute atomic E-state index is 14.0. The Bertz CT molecular complexity index is 2380. The van der Waals surface area contributed by atoms with E-state index in [1.165, 1.54) is 57.6 Å².